The Labute approximate surface area is 98.8 Å². The molecule has 0 fully saturated rings. The molecule has 2 heterocycles. The number of hydrogen-bond donors (Lipinski definition) is 0. The maximum atomic E-state index is 9.33. The van der Waals surface area contributed by atoms with Gasteiger partial charge in [0.05, 0.1) is 23.5 Å². The highest BCUT2D eigenvalue weighted by Crippen LogP contribution is 2.27. The number of rotatable bonds is 2. The Hall–Kier alpha value is -2.72. The molecular formula is C13H8N4. The highest BCUT2D eigenvalue weighted by Gasteiger charge is 2.37. The average Bonchev–Trinajstić information content (AvgIpc) is 2.43. The van der Waals surface area contributed by atoms with Gasteiger partial charge in [0.25, 0.3) is 0 Å². The van der Waals surface area contributed by atoms with Crippen LogP contribution in [-0.4, -0.2) is 9.97 Å². The van der Waals surface area contributed by atoms with E-state index in [-0.39, 0.29) is 0 Å². The van der Waals surface area contributed by atoms with E-state index in [4.69, 9.17) is 0 Å². The summed E-state index contributed by atoms with van der Waals surface area (Å²) in [6, 6.07) is 14.3. The van der Waals surface area contributed by atoms with Crippen LogP contribution in [0.3, 0.4) is 0 Å². The molecule has 0 radical (unpaired) electrons. The van der Waals surface area contributed by atoms with E-state index in [1.165, 1.54) is 0 Å². The number of hydrogen-bond acceptors (Lipinski definition) is 4. The quantitative estimate of drug-likeness (QED) is 0.773. The molecule has 0 aliphatic heterocycles. The standard InChI is InChI=1S/C13H8N4/c14-9-13(10-15,11-5-1-3-7-16-11)12-6-2-4-8-17-12/h1-8H. The van der Waals surface area contributed by atoms with E-state index < -0.39 is 5.41 Å². The van der Waals surface area contributed by atoms with E-state index in [0.717, 1.165) is 0 Å². The molecule has 0 spiro atoms. The van der Waals surface area contributed by atoms with Gasteiger partial charge in [0.1, 0.15) is 0 Å². The maximum Gasteiger partial charge on any atom is 0.226 e. The molecular weight excluding hydrogens is 212 g/mol. The third kappa shape index (κ3) is 1.73. The van der Waals surface area contributed by atoms with Crippen molar-refractivity contribution in [1.82, 2.24) is 9.97 Å². The molecule has 0 saturated heterocycles. The monoisotopic (exact) mass is 220 g/mol. The molecule has 0 aliphatic rings. The Kier molecular flexibility index (Phi) is 2.81. The van der Waals surface area contributed by atoms with Gasteiger partial charge in [-0.1, -0.05) is 12.1 Å². The van der Waals surface area contributed by atoms with Crippen molar-refractivity contribution in [3.8, 4) is 12.1 Å². The molecule has 4 heteroatoms. The van der Waals surface area contributed by atoms with Gasteiger partial charge in [0.2, 0.25) is 5.41 Å². The van der Waals surface area contributed by atoms with Gasteiger partial charge in [-0.3, -0.25) is 9.97 Å². The van der Waals surface area contributed by atoms with Gasteiger partial charge in [-0.25, -0.2) is 0 Å². The summed E-state index contributed by atoms with van der Waals surface area (Å²) in [6.45, 7) is 0. The largest absolute Gasteiger partial charge is 0.258 e. The topological polar surface area (TPSA) is 73.4 Å². The summed E-state index contributed by atoms with van der Waals surface area (Å²) in [7, 11) is 0. The van der Waals surface area contributed by atoms with Crippen LogP contribution in [0.4, 0.5) is 0 Å². The molecule has 17 heavy (non-hydrogen) atoms. The zero-order valence-corrected chi connectivity index (χ0v) is 8.91. The molecule has 80 valence electrons. The van der Waals surface area contributed by atoms with Crippen molar-refractivity contribution >= 4 is 0 Å². The summed E-state index contributed by atoms with van der Waals surface area (Å²) in [4.78, 5) is 8.17. The van der Waals surface area contributed by atoms with Gasteiger partial charge in [-0.05, 0) is 24.3 Å². The van der Waals surface area contributed by atoms with Crippen LogP contribution >= 0.6 is 0 Å². The molecule has 0 amide bonds. The first-order valence-corrected chi connectivity index (χ1v) is 4.99. The molecule has 0 saturated carbocycles. The maximum absolute atomic E-state index is 9.33. The molecule has 0 aliphatic carbocycles. The molecule has 0 atom stereocenters. The lowest BCUT2D eigenvalue weighted by molar-refractivity contribution is 0.772. The van der Waals surface area contributed by atoms with Gasteiger partial charge in [0, 0.05) is 12.4 Å². The molecule has 2 aromatic heterocycles. The van der Waals surface area contributed by atoms with Gasteiger partial charge in [-0.15, -0.1) is 0 Å². The molecule has 2 aromatic rings. The number of nitriles is 2. The zero-order valence-electron chi connectivity index (χ0n) is 8.91. The van der Waals surface area contributed by atoms with Crippen LogP contribution in [0.15, 0.2) is 48.8 Å². The smallest absolute Gasteiger partial charge is 0.226 e. The van der Waals surface area contributed by atoms with E-state index in [1.807, 2.05) is 12.1 Å². The van der Waals surface area contributed by atoms with E-state index in [2.05, 4.69) is 9.97 Å². The predicted octanol–water partition coefficient (Wildman–Crippen LogP) is 1.81. The summed E-state index contributed by atoms with van der Waals surface area (Å²) >= 11 is 0. The van der Waals surface area contributed by atoms with Crippen molar-refractivity contribution in [2.75, 3.05) is 0 Å². The minimum atomic E-state index is -1.44. The van der Waals surface area contributed by atoms with E-state index in [9.17, 15) is 10.5 Å². The Balaban J connectivity index is 2.65. The Morgan fingerprint density at radius 2 is 1.29 bits per heavy atom. The third-order valence-electron chi connectivity index (χ3n) is 2.43. The number of nitrogens with zero attached hydrogens (tertiary/aromatic N) is 4. The highest BCUT2D eigenvalue weighted by atomic mass is 14.8. The average molecular weight is 220 g/mol. The summed E-state index contributed by atoms with van der Waals surface area (Å²) in [5.41, 5.74) is -0.657. The Bertz CT molecular complexity index is 523. The summed E-state index contributed by atoms with van der Waals surface area (Å²) in [6.07, 6.45) is 3.11. The number of aromatic nitrogens is 2. The van der Waals surface area contributed by atoms with Crippen molar-refractivity contribution < 1.29 is 0 Å². The first kappa shape index (κ1) is 10.8. The highest BCUT2D eigenvalue weighted by molar-refractivity contribution is 5.46. The number of pyridine rings is 2. The Morgan fingerprint density at radius 3 is 1.59 bits per heavy atom. The summed E-state index contributed by atoms with van der Waals surface area (Å²) in [5.74, 6) is 0. The first-order valence-electron chi connectivity index (χ1n) is 4.99. The third-order valence-corrected chi connectivity index (χ3v) is 2.43. The predicted molar refractivity (Wildman–Crippen MR) is 60.5 cm³/mol. The lowest BCUT2D eigenvalue weighted by Gasteiger charge is -2.16. The molecule has 0 N–H and O–H groups in total. The van der Waals surface area contributed by atoms with Crippen LogP contribution < -0.4 is 0 Å². The van der Waals surface area contributed by atoms with Crippen molar-refractivity contribution in [2.45, 2.75) is 5.41 Å². The summed E-state index contributed by atoms with van der Waals surface area (Å²) < 4.78 is 0. The van der Waals surface area contributed by atoms with Crippen LogP contribution in [0, 0.1) is 22.7 Å². The van der Waals surface area contributed by atoms with Gasteiger partial charge in [-0.2, -0.15) is 10.5 Å². The van der Waals surface area contributed by atoms with E-state index in [0.29, 0.717) is 11.4 Å². The van der Waals surface area contributed by atoms with Crippen molar-refractivity contribution in [1.29, 1.82) is 10.5 Å². The zero-order chi connectivity index (χ0) is 12.1. The minimum absolute atomic E-state index is 0.392. The Morgan fingerprint density at radius 1 is 0.824 bits per heavy atom. The van der Waals surface area contributed by atoms with Crippen LogP contribution in [0.5, 0.6) is 0 Å². The normalized spacial score (nSPS) is 10.2. The SMILES string of the molecule is N#CC(C#N)(c1ccccn1)c1ccccn1. The van der Waals surface area contributed by atoms with Gasteiger partial charge in [0.15, 0.2) is 0 Å². The van der Waals surface area contributed by atoms with E-state index in [1.54, 1.807) is 48.8 Å². The van der Waals surface area contributed by atoms with Gasteiger partial charge < -0.3 is 0 Å². The molecule has 4 nitrogen and oxygen atoms in total. The molecule has 0 bridgehead atoms. The van der Waals surface area contributed by atoms with Crippen LogP contribution in [0.2, 0.25) is 0 Å². The molecule has 2 rings (SSSR count). The van der Waals surface area contributed by atoms with Crippen LogP contribution in [-0.2, 0) is 5.41 Å². The van der Waals surface area contributed by atoms with Crippen LogP contribution in [0.1, 0.15) is 11.4 Å². The molecule has 0 unspecified atom stereocenters. The van der Waals surface area contributed by atoms with Crippen molar-refractivity contribution in [2.24, 2.45) is 0 Å². The van der Waals surface area contributed by atoms with Crippen molar-refractivity contribution in [3.05, 3.63) is 60.2 Å². The second-order valence-corrected chi connectivity index (χ2v) is 3.40. The molecule has 0 aromatic carbocycles. The fraction of sp³-hybridized carbons (Fsp3) is 0.0769. The second-order valence-electron chi connectivity index (χ2n) is 3.40. The van der Waals surface area contributed by atoms with E-state index >= 15 is 0 Å². The van der Waals surface area contributed by atoms with Gasteiger partial charge >= 0.3 is 0 Å². The fourth-order valence-electron chi connectivity index (χ4n) is 1.55. The first-order chi connectivity index (χ1) is 8.33. The summed E-state index contributed by atoms with van der Waals surface area (Å²) in [5, 5.41) is 18.7. The minimum Gasteiger partial charge on any atom is -0.258 e. The van der Waals surface area contributed by atoms with Crippen molar-refractivity contribution in [3.63, 3.8) is 0 Å². The van der Waals surface area contributed by atoms with Crippen LogP contribution in [0.25, 0.3) is 0 Å². The fourth-order valence-corrected chi connectivity index (χ4v) is 1.55. The lowest BCUT2D eigenvalue weighted by Crippen LogP contribution is -2.26. The second kappa shape index (κ2) is 4.42. The lowest BCUT2D eigenvalue weighted by atomic mass is 9.83.